The molecule has 0 bridgehead atoms. The van der Waals surface area contributed by atoms with Gasteiger partial charge in [0.05, 0.1) is 24.2 Å². The molecular weight excluding hydrogens is 288 g/mol. The van der Waals surface area contributed by atoms with Crippen molar-refractivity contribution >= 4 is 28.9 Å². The maximum absolute atomic E-state index is 11.1. The number of ether oxygens (including phenoxy) is 1. The van der Waals surface area contributed by atoms with Gasteiger partial charge in [0.2, 0.25) is 0 Å². The van der Waals surface area contributed by atoms with Crippen LogP contribution in [0.15, 0.2) is 12.1 Å². The molecule has 8 heteroatoms. The van der Waals surface area contributed by atoms with Crippen molar-refractivity contribution in [2.24, 2.45) is 5.92 Å². The van der Waals surface area contributed by atoms with Crippen LogP contribution in [0, 0.1) is 23.0 Å². The fourth-order valence-corrected chi connectivity index (χ4v) is 2.33. The summed E-state index contributed by atoms with van der Waals surface area (Å²) >= 11 is 5.85. The van der Waals surface area contributed by atoms with Gasteiger partial charge >= 0.3 is 5.97 Å². The molecule has 1 fully saturated rings. The van der Waals surface area contributed by atoms with Crippen LogP contribution in [-0.4, -0.2) is 35.3 Å². The number of nitro groups is 1. The van der Waals surface area contributed by atoms with E-state index >= 15 is 0 Å². The molecule has 108 valence electrons. The van der Waals surface area contributed by atoms with Crippen molar-refractivity contribution < 1.29 is 19.6 Å². The van der Waals surface area contributed by atoms with Crippen LogP contribution in [0.3, 0.4) is 0 Å². The number of nitro benzene ring substituents is 1. The molecule has 1 aromatic carbocycles. The Balaban J connectivity index is 2.24. The number of carbonyl (C=O) groups is 1. The van der Waals surface area contributed by atoms with Crippen LogP contribution < -0.4 is 5.32 Å². The first-order valence-corrected chi connectivity index (χ1v) is 6.29. The molecule has 2 rings (SSSR count). The lowest BCUT2D eigenvalue weighted by Gasteiger charge is -2.18. The summed E-state index contributed by atoms with van der Waals surface area (Å²) in [6.07, 6.45) is 0. The number of carboxylic acids is 1. The number of halogens is 1. The third-order valence-corrected chi connectivity index (χ3v) is 3.53. The molecule has 1 aliphatic rings. The molecule has 7 nitrogen and oxygen atoms in total. The number of carboxylic acid groups (broad SMARTS) is 1. The van der Waals surface area contributed by atoms with E-state index in [4.69, 9.17) is 21.4 Å². The third-order valence-electron chi connectivity index (χ3n) is 3.23. The van der Waals surface area contributed by atoms with E-state index in [2.05, 4.69) is 5.32 Å². The molecule has 0 aliphatic carbocycles. The minimum absolute atomic E-state index is 0.00823. The van der Waals surface area contributed by atoms with Crippen LogP contribution in [0.25, 0.3) is 0 Å². The summed E-state index contributed by atoms with van der Waals surface area (Å²) in [5.74, 6) is -1.59. The van der Waals surface area contributed by atoms with Crippen LogP contribution in [0.1, 0.15) is 5.56 Å². The second kappa shape index (κ2) is 5.64. The molecule has 0 aromatic heterocycles. The molecule has 0 saturated carbocycles. The molecule has 1 saturated heterocycles. The Morgan fingerprint density at radius 2 is 2.25 bits per heavy atom. The maximum atomic E-state index is 11.1. The zero-order valence-corrected chi connectivity index (χ0v) is 11.4. The lowest BCUT2D eigenvalue weighted by atomic mass is 10.0. The van der Waals surface area contributed by atoms with E-state index in [1.54, 1.807) is 6.92 Å². The van der Waals surface area contributed by atoms with Gasteiger partial charge < -0.3 is 15.2 Å². The van der Waals surface area contributed by atoms with Gasteiger partial charge in [-0.1, -0.05) is 11.6 Å². The van der Waals surface area contributed by atoms with Crippen LogP contribution in [0.2, 0.25) is 5.02 Å². The van der Waals surface area contributed by atoms with Gasteiger partial charge in [-0.3, -0.25) is 14.9 Å². The Kier molecular flexibility index (Phi) is 4.10. The Labute approximate surface area is 119 Å². The molecule has 1 aliphatic heterocycles. The Morgan fingerprint density at radius 3 is 2.85 bits per heavy atom. The van der Waals surface area contributed by atoms with Crippen LogP contribution in [0.4, 0.5) is 11.4 Å². The maximum Gasteiger partial charge on any atom is 0.311 e. The van der Waals surface area contributed by atoms with Crippen LogP contribution in [0.5, 0.6) is 0 Å². The molecule has 0 amide bonds. The molecular formula is C12H13ClN2O5. The number of nitrogens with zero attached hydrogens (tertiary/aromatic N) is 1. The lowest BCUT2D eigenvalue weighted by Crippen LogP contribution is -2.33. The van der Waals surface area contributed by atoms with E-state index in [1.165, 1.54) is 12.1 Å². The van der Waals surface area contributed by atoms with Crippen LogP contribution >= 0.6 is 11.6 Å². The largest absolute Gasteiger partial charge is 0.481 e. The standard InChI is InChI=1S/C12H13ClN2O5/c1-6-2-11(15(18)19)8(13)3-9(6)14-10-5-20-4-7(10)12(16)17/h2-3,7,10,14H,4-5H2,1H3,(H,16,17). The van der Waals surface area contributed by atoms with Gasteiger partial charge in [-0.2, -0.15) is 0 Å². The van der Waals surface area contributed by atoms with E-state index in [1.807, 2.05) is 0 Å². The second-order valence-electron chi connectivity index (χ2n) is 4.61. The predicted molar refractivity (Wildman–Crippen MR) is 72.2 cm³/mol. The summed E-state index contributed by atoms with van der Waals surface area (Å²) in [6, 6.07) is 2.41. The smallest absolute Gasteiger partial charge is 0.311 e. The van der Waals surface area contributed by atoms with Gasteiger partial charge in [0.25, 0.3) is 5.69 Å². The molecule has 0 spiro atoms. The normalized spacial score (nSPS) is 21.7. The number of hydrogen-bond donors (Lipinski definition) is 2. The van der Waals surface area contributed by atoms with Gasteiger partial charge in [0.15, 0.2) is 0 Å². The summed E-state index contributed by atoms with van der Waals surface area (Å²) < 4.78 is 5.15. The number of rotatable bonds is 4. The number of aliphatic carboxylic acids is 1. The van der Waals surface area contributed by atoms with E-state index < -0.39 is 16.8 Å². The highest BCUT2D eigenvalue weighted by Gasteiger charge is 2.34. The third kappa shape index (κ3) is 2.83. The number of anilines is 1. The van der Waals surface area contributed by atoms with Crippen molar-refractivity contribution in [2.45, 2.75) is 13.0 Å². The molecule has 2 N–H and O–H groups in total. The highest BCUT2D eigenvalue weighted by atomic mass is 35.5. The first-order chi connectivity index (χ1) is 9.40. The fourth-order valence-electron chi connectivity index (χ4n) is 2.10. The van der Waals surface area contributed by atoms with Crippen molar-refractivity contribution in [1.29, 1.82) is 0 Å². The monoisotopic (exact) mass is 300 g/mol. The highest BCUT2D eigenvalue weighted by Crippen LogP contribution is 2.32. The van der Waals surface area contributed by atoms with Gasteiger partial charge in [0, 0.05) is 11.8 Å². The molecule has 2 atom stereocenters. The van der Waals surface area contributed by atoms with Gasteiger partial charge in [0.1, 0.15) is 10.9 Å². The summed E-state index contributed by atoms with van der Waals surface area (Å²) in [7, 11) is 0. The summed E-state index contributed by atoms with van der Waals surface area (Å²) in [6.45, 7) is 2.11. The first kappa shape index (κ1) is 14.5. The second-order valence-corrected chi connectivity index (χ2v) is 5.02. The van der Waals surface area contributed by atoms with Crippen molar-refractivity contribution in [2.75, 3.05) is 18.5 Å². The molecule has 1 aromatic rings. The number of benzene rings is 1. The number of aryl methyl sites for hydroxylation is 1. The number of nitrogens with one attached hydrogen (secondary N) is 1. The van der Waals surface area contributed by atoms with Crippen molar-refractivity contribution in [1.82, 2.24) is 0 Å². The van der Waals surface area contributed by atoms with E-state index in [-0.39, 0.29) is 30.0 Å². The average Bonchev–Trinajstić information content (AvgIpc) is 2.81. The lowest BCUT2D eigenvalue weighted by molar-refractivity contribution is -0.384. The van der Waals surface area contributed by atoms with Crippen LogP contribution in [-0.2, 0) is 9.53 Å². The van der Waals surface area contributed by atoms with Gasteiger partial charge in [-0.15, -0.1) is 0 Å². The van der Waals surface area contributed by atoms with E-state index in [0.29, 0.717) is 11.3 Å². The van der Waals surface area contributed by atoms with Crippen molar-refractivity contribution in [3.63, 3.8) is 0 Å². The minimum atomic E-state index is -0.939. The predicted octanol–water partition coefficient (Wildman–Crippen LogP) is 2.07. The molecule has 20 heavy (non-hydrogen) atoms. The highest BCUT2D eigenvalue weighted by molar-refractivity contribution is 6.33. The average molecular weight is 301 g/mol. The van der Waals surface area contributed by atoms with Gasteiger partial charge in [-0.05, 0) is 18.6 Å². The zero-order valence-electron chi connectivity index (χ0n) is 10.6. The number of hydrogen-bond acceptors (Lipinski definition) is 5. The summed E-state index contributed by atoms with van der Waals surface area (Å²) in [4.78, 5) is 21.3. The fraction of sp³-hybridized carbons (Fsp3) is 0.417. The van der Waals surface area contributed by atoms with Crippen molar-refractivity contribution in [3.8, 4) is 0 Å². The summed E-state index contributed by atoms with van der Waals surface area (Å²) in [5, 5.41) is 22.9. The summed E-state index contributed by atoms with van der Waals surface area (Å²) in [5.41, 5.74) is 1.02. The molecule has 0 radical (unpaired) electrons. The Morgan fingerprint density at radius 1 is 1.55 bits per heavy atom. The van der Waals surface area contributed by atoms with Crippen molar-refractivity contribution in [3.05, 3.63) is 32.8 Å². The zero-order chi connectivity index (χ0) is 14.9. The molecule has 1 heterocycles. The molecule has 2 unspecified atom stereocenters. The first-order valence-electron chi connectivity index (χ1n) is 5.91. The Bertz CT molecular complexity index is 563. The topological polar surface area (TPSA) is 102 Å². The quantitative estimate of drug-likeness (QED) is 0.652. The van der Waals surface area contributed by atoms with Gasteiger partial charge in [-0.25, -0.2) is 0 Å². The van der Waals surface area contributed by atoms with E-state index in [9.17, 15) is 14.9 Å². The Hall–Kier alpha value is -1.86. The van der Waals surface area contributed by atoms with E-state index in [0.717, 1.165) is 0 Å². The minimum Gasteiger partial charge on any atom is -0.481 e. The SMILES string of the molecule is Cc1cc([N+](=O)[O-])c(Cl)cc1NC1COCC1C(=O)O.